The summed E-state index contributed by atoms with van der Waals surface area (Å²) in [7, 11) is 0. The second-order valence-electron chi connectivity index (χ2n) is 7.30. The van der Waals surface area contributed by atoms with Gasteiger partial charge in [-0.3, -0.25) is 4.79 Å². The summed E-state index contributed by atoms with van der Waals surface area (Å²) >= 11 is 3.45. The number of halogens is 1. The van der Waals surface area contributed by atoms with Crippen LogP contribution >= 0.6 is 23.1 Å². The molecule has 1 aromatic carbocycles. The van der Waals surface area contributed by atoms with Crippen LogP contribution in [0.25, 0.3) is 11.0 Å². The van der Waals surface area contributed by atoms with Crippen LogP contribution in [0.1, 0.15) is 37.8 Å². The van der Waals surface area contributed by atoms with Crippen molar-refractivity contribution in [2.45, 2.75) is 36.3 Å². The van der Waals surface area contributed by atoms with Crippen LogP contribution in [0.4, 0.5) is 9.39 Å². The van der Waals surface area contributed by atoms with E-state index in [9.17, 15) is 9.18 Å². The minimum absolute atomic E-state index is 0.0341. The number of thioether (sulfide) groups is 1. The first kappa shape index (κ1) is 20.4. The lowest BCUT2D eigenvalue weighted by Gasteiger charge is -2.31. The van der Waals surface area contributed by atoms with Crippen LogP contribution in [0.15, 0.2) is 39.1 Å². The number of anilines is 1. The van der Waals surface area contributed by atoms with Crippen LogP contribution in [0.5, 0.6) is 0 Å². The Kier molecular flexibility index (Phi) is 6.52. The summed E-state index contributed by atoms with van der Waals surface area (Å²) in [4.78, 5) is 13.6. The number of carbonyl (C=O) groups excluding carboxylic acids is 1. The van der Waals surface area contributed by atoms with Crippen LogP contribution in [-0.4, -0.2) is 41.4 Å². The van der Waals surface area contributed by atoms with Gasteiger partial charge in [0.05, 0.1) is 20.3 Å². The third-order valence-corrected chi connectivity index (χ3v) is 7.50. The van der Waals surface area contributed by atoms with E-state index < -0.39 is 0 Å². The summed E-state index contributed by atoms with van der Waals surface area (Å²) in [6.45, 7) is 4.60. The van der Waals surface area contributed by atoms with Crippen molar-refractivity contribution < 1.29 is 13.7 Å². The molecule has 0 aliphatic carbocycles. The quantitative estimate of drug-likeness (QED) is 0.402. The molecular weight excluding hydrogens is 409 g/mol. The minimum atomic E-state index is -0.242. The van der Waals surface area contributed by atoms with Gasteiger partial charge in [-0.2, -0.15) is 0 Å². The molecule has 1 fully saturated rings. The summed E-state index contributed by atoms with van der Waals surface area (Å²) in [5, 5.41) is 8.45. The standard InChI is InChI=1S/C21H24FN3O2S2/c1-14(26)23-18-6-7-19(29-18)28-13-3-10-25-11-8-15(9-12-25)21-20-16(22)4-2-5-17(20)27-24-21/h2,4-7,15H,3,8-13H2,1H3,(H,23,26). The van der Waals surface area contributed by atoms with Crippen molar-refractivity contribution in [1.82, 2.24) is 10.1 Å². The number of likely N-dealkylation sites (tertiary alicyclic amines) is 1. The predicted molar refractivity (Wildman–Crippen MR) is 116 cm³/mol. The lowest BCUT2D eigenvalue weighted by molar-refractivity contribution is -0.114. The average molecular weight is 434 g/mol. The molecule has 0 radical (unpaired) electrons. The van der Waals surface area contributed by atoms with E-state index in [4.69, 9.17) is 4.52 Å². The molecule has 0 atom stereocenters. The molecule has 1 aliphatic heterocycles. The molecular formula is C21H24FN3O2S2. The first-order valence-corrected chi connectivity index (χ1v) is 11.7. The van der Waals surface area contributed by atoms with Crippen molar-refractivity contribution in [2.75, 3.05) is 30.7 Å². The van der Waals surface area contributed by atoms with E-state index in [-0.39, 0.29) is 17.6 Å². The zero-order valence-electron chi connectivity index (χ0n) is 16.3. The number of nitrogens with one attached hydrogen (secondary N) is 1. The second-order valence-corrected chi connectivity index (χ2v) is 9.78. The summed E-state index contributed by atoms with van der Waals surface area (Å²) < 4.78 is 20.7. The van der Waals surface area contributed by atoms with E-state index in [1.165, 1.54) is 17.2 Å². The fourth-order valence-corrected chi connectivity index (χ4v) is 5.86. The Balaban J connectivity index is 1.21. The van der Waals surface area contributed by atoms with Gasteiger partial charge in [-0.15, -0.1) is 23.1 Å². The fourth-order valence-electron chi connectivity index (χ4n) is 3.78. The van der Waals surface area contributed by atoms with Gasteiger partial charge in [0.1, 0.15) is 5.82 Å². The SMILES string of the molecule is CC(=O)Nc1ccc(SCCCN2CCC(c3noc4cccc(F)c34)CC2)s1. The molecule has 0 unspecified atom stereocenters. The molecule has 4 rings (SSSR count). The molecule has 0 saturated carbocycles. The zero-order valence-corrected chi connectivity index (χ0v) is 18.0. The van der Waals surface area contributed by atoms with E-state index in [0.29, 0.717) is 11.0 Å². The van der Waals surface area contributed by atoms with Crippen molar-refractivity contribution in [3.8, 4) is 0 Å². The van der Waals surface area contributed by atoms with Gasteiger partial charge in [-0.25, -0.2) is 4.39 Å². The molecule has 5 nitrogen and oxygen atoms in total. The van der Waals surface area contributed by atoms with Crippen LogP contribution in [0.3, 0.4) is 0 Å². The molecule has 3 aromatic rings. The highest BCUT2D eigenvalue weighted by Crippen LogP contribution is 2.34. The van der Waals surface area contributed by atoms with Crippen LogP contribution in [0, 0.1) is 5.82 Å². The maximum Gasteiger partial charge on any atom is 0.221 e. The Morgan fingerprint density at radius 2 is 2.17 bits per heavy atom. The Bertz CT molecular complexity index is 979. The highest BCUT2D eigenvalue weighted by atomic mass is 32.2. The average Bonchev–Trinajstić information content (AvgIpc) is 3.33. The van der Waals surface area contributed by atoms with E-state index in [0.717, 1.165) is 55.3 Å². The summed E-state index contributed by atoms with van der Waals surface area (Å²) in [6.07, 6.45) is 3.08. The zero-order chi connectivity index (χ0) is 20.2. The second kappa shape index (κ2) is 9.28. The number of nitrogens with zero attached hydrogens (tertiary/aromatic N) is 2. The molecule has 154 valence electrons. The number of hydrogen-bond donors (Lipinski definition) is 1. The van der Waals surface area contributed by atoms with Crippen LogP contribution in [-0.2, 0) is 4.79 Å². The third-order valence-electron chi connectivity index (χ3n) is 5.19. The minimum Gasteiger partial charge on any atom is -0.356 e. The molecule has 0 bridgehead atoms. The number of benzene rings is 1. The highest BCUT2D eigenvalue weighted by Gasteiger charge is 2.26. The van der Waals surface area contributed by atoms with Gasteiger partial charge in [0.25, 0.3) is 0 Å². The predicted octanol–water partition coefficient (Wildman–Crippen LogP) is 5.35. The number of amides is 1. The van der Waals surface area contributed by atoms with Crippen molar-refractivity contribution in [3.63, 3.8) is 0 Å². The van der Waals surface area contributed by atoms with Crippen LogP contribution in [0.2, 0.25) is 0 Å². The molecule has 2 aromatic heterocycles. The normalized spacial score (nSPS) is 15.8. The molecule has 29 heavy (non-hydrogen) atoms. The number of piperidine rings is 1. The van der Waals surface area contributed by atoms with Crippen molar-refractivity contribution in [1.29, 1.82) is 0 Å². The molecule has 3 heterocycles. The van der Waals surface area contributed by atoms with Crippen molar-refractivity contribution >= 4 is 45.0 Å². The number of aromatic nitrogens is 1. The lowest BCUT2D eigenvalue weighted by Crippen LogP contribution is -2.34. The molecule has 0 spiro atoms. The van der Waals surface area contributed by atoms with E-state index >= 15 is 0 Å². The number of thiophene rings is 1. The maximum absolute atomic E-state index is 14.2. The molecule has 1 saturated heterocycles. The molecule has 1 N–H and O–H groups in total. The van der Waals surface area contributed by atoms with Crippen molar-refractivity contribution in [2.24, 2.45) is 0 Å². The van der Waals surface area contributed by atoms with Gasteiger partial charge in [-0.05, 0) is 63.2 Å². The number of fused-ring (bicyclic) bond motifs is 1. The fraction of sp³-hybridized carbons (Fsp3) is 0.429. The monoisotopic (exact) mass is 433 g/mol. The lowest BCUT2D eigenvalue weighted by atomic mass is 9.91. The summed E-state index contributed by atoms with van der Waals surface area (Å²) in [5.74, 6) is 1.04. The number of hydrogen-bond acceptors (Lipinski definition) is 6. The smallest absolute Gasteiger partial charge is 0.221 e. The molecule has 8 heteroatoms. The number of rotatable bonds is 7. The van der Waals surface area contributed by atoms with Gasteiger partial charge in [0, 0.05) is 18.6 Å². The van der Waals surface area contributed by atoms with Gasteiger partial charge < -0.3 is 14.7 Å². The van der Waals surface area contributed by atoms with E-state index in [1.54, 1.807) is 23.5 Å². The van der Waals surface area contributed by atoms with Crippen LogP contribution < -0.4 is 5.32 Å². The molecule has 1 amide bonds. The van der Waals surface area contributed by atoms with Gasteiger partial charge in [0.2, 0.25) is 5.91 Å². The highest BCUT2D eigenvalue weighted by molar-refractivity contribution is 8.01. The summed E-state index contributed by atoms with van der Waals surface area (Å²) in [5.41, 5.74) is 1.32. The Morgan fingerprint density at radius 1 is 1.34 bits per heavy atom. The van der Waals surface area contributed by atoms with E-state index in [2.05, 4.69) is 21.4 Å². The summed E-state index contributed by atoms with van der Waals surface area (Å²) in [6, 6.07) is 8.92. The third kappa shape index (κ3) is 4.99. The largest absolute Gasteiger partial charge is 0.356 e. The first-order chi connectivity index (χ1) is 14.1. The topological polar surface area (TPSA) is 58.4 Å². The first-order valence-electron chi connectivity index (χ1n) is 9.86. The Labute approximate surface area is 177 Å². The number of carbonyl (C=O) groups is 1. The van der Waals surface area contributed by atoms with Gasteiger partial charge >= 0.3 is 0 Å². The Hall–Kier alpha value is -1.90. The molecule has 1 aliphatic rings. The van der Waals surface area contributed by atoms with E-state index in [1.807, 2.05) is 17.8 Å². The van der Waals surface area contributed by atoms with Gasteiger partial charge in [-0.1, -0.05) is 11.2 Å². The van der Waals surface area contributed by atoms with Crippen molar-refractivity contribution in [3.05, 3.63) is 41.8 Å². The Morgan fingerprint density at radius 3 is 2.97 bits per heavy atom. The van der Waals surface area contributed by atoms with Gasteiger partial charge in [0.15, 0.2) is 5.58 Å². The maximum atomic E-state index is 14.2.